The third kappa shape index (κ3) is 3.52. The Morgan fingerprint density at radius 1 is 1.25 bits per heavy atom. The monoisotopic (exact) mass is 400 g/mol. The smallest absolute Gasteiger partial charge is 0.247 e. The van der Waals surface area contributed by atoms with Crippen LogP contribution in [0.4, 0.5) is 10.8 Å². The van der Waals surface area contributed by atoms with Gasteiger partial charge in [-0.05, 0) is 19.2 Å². The summed E-state index contributed by atoms with van der Waals surface area (Å²) < 4.78 is 0. The zero-order valence-corrected chi connectivity index (χ0v) is 16.9. The molecule has 2 amide bonds. The Balaban J connectivity index is 1.53. The minimum absolute atomic E-state index is 0.00133. The molecule has 148 valence electrons. The Labute approximate surface area is 167 Å². The molecule has 1 aromatic carbocycles. The molecule has 8 nitrogen and oxygen atoms in total. The molecule has 9 heteroatoms. The van der Waals surface area contributed by atoms with E-state index in [1.807, 2.05) is 56.1 Å². The molecule has 1 aromatic heterocycles. The summed E-state index contributed by atoms with van der Waals surface area (Å²) >= 11 is 1.39. The van der Waals surface area contributed by atoms with Crippen molar-refractivity contribution in [3.05, 3.63) is 35.3 Å². The lowest BCUT2D eigenvalue weighted by molar-refractivity contribution is -0.125. The molecular weight excluding hydrogens is 376 g/mol. The highest BCUT2D eigenvalue weighted by Crippen LogP contribution is 2.32. The van der Waals surface area contributed by atoms with Crippen molar-refractivity contribution in [3.8, 4) is 0 Å². The van der Waals surface area contributed by atoms with Gasteiger partial charge in [-0.2, -0.15) is 0 Å². The molecule has 2 N–H and O–H groups in total. The van der Waals surface area contributed by atoms with Crippen LogP contribution in [0, 0.1) is 11.8 Å². The number of likely N-dealkylation sites (tertiary alicyclic amines) is 1. The van der Waals surface area contributed by atoms with Crippen molar-refractivity contribution in [2.75, 3.05) is 30.5 Å². The third-order valence-corrected chi connectivity index (χ3v) is 6.35. The molecule has 2 aromatic rings. The van der Waals surface area contributed by atoms with E-state index >= 15 is 0 Å². The lowest BCUT2D eigenvalue weighted by Gasteiger charge is -2.36. The molecule has 3 unspecified atom stereocenters. The van der Waals surface area contributed by atoms with E-state index < -0.39 is 0 Å². The highest BCUT2D eigenvalue weighted by Gasteiger charge is 2.50. The first-order valence-electron chi connectivity index (χ1n) is 9.42. The van der Waals surface area contributed by atoms with Crippen LogP contribution in [0.15, 0.2) is 30.3 Å². The fraction of sp³-hybridized carbons (Fsp3) is 0.474. The molecule has 0 saturated carbocycles. The molecule has 3 heterocycles. The van der Waals surface area contributed by atoms with Gasteiger partial charge in [-0.1, -0.05) is 43.4 Å². The van der Waals surface area contributed by atoms with E-state index in [0.717, 1.165) is 10.7 Å². The van der Waals surface area contributed by atoms with Crippen LogP contribution in [0.3, 0.4) is 0 Å². The van der Waals surface area contributed by atoms with Crippen LogP contribution >= 0.6 is 11.3 Å². The number of rotatable bonds is 4. The number of nitrogens with zero attached hydrogens (tertiary/aromatic N) is 4. The lowest BCUT2D eigenvalue weighted by atomic mass is 9.84. The first-order valence-corrected chi connectivity index (χ1v) is 10.2. The van der Waals surface area contributed by atoms with Crippen molar-refractivity contribution >= 4 is 34.0 Å². The van der Waals surface area contributed by atoms with Gasteiger partial charge in [-0.3, -0.25) is 9.59 Å². The SMILES string of the molecule is CC(C)c1nnc(NC(=O)C2CN(C)CC3C(=O)N(c4ccccc4)NC23)s1. The van der Waals surface area contributed by atoms with E-state index in [-0.39, 0.29) is 35.6 Å². The van der Waals surface area contributed by atoms with Gasteiger partial charge in [-0.15, -0.1) is 10.2 Å². The van der Waals surface area contributed by atoms with Gasteiger partial charge in [0, 0.05) is 19.0 Å². The fourth-order valence-electron chi connectivity index (χ4n) is 3.79. The number of amides is 2. The van der Waals surface area contributed by atoms with Crippen LogP contribution in [0.1, 0.15) is 24.8 Å². The molecule has 2 saturated heterocycles. The maximum atomic E-state index is 13.0. The highest BCUT2D eigenvalue weighted by molar-refractivity contribution is 7.15. The fourth-order valence-corrected chi connectivity index (χ4v) is 4.53. The lowest BCUT2D eigenvalue weighted by Crippen LogP contribution is -2.55. The molecule has 0 radical (unpaired) electrons. The predicted molar refractivity (Wildman–Crippen MR) is 108 cm³/mol. The number of anilines is 2. The molecule has 2 fully saturated rings. The first-order chi connectivity index (χ1) is 13.4. The summed E-state index contributed by atoms with van der Waals surface area (Å²) in [6.45, 7) is 5.28. The van der Waals surface area contributed by atoms with Gasteiger partial charge < -0.3 is 10.2 Å². The van der Waals surface area contributed by atoms with E-state index in [2.05, 4.69) is 20.9 Å². The van der Waals surface area contributed by atoms with Crippen LogP contribution in [0.5, 0.6) is 0 Å². The van der Waals surface area contributed by atoms with E-state index in [9.17, 15) is 9.59 Å². The number of carbonyl (C=O) groups is 2. The largest absolute Gasteiger partial charge is 0.305 e. The van der Waals surface area contributed by atoms with Crippen LogP contribution < -0.4 is 15.8 Å². The summed E-state index contributed by atoms with van der Waals surface area (Å²) in [5.41, 5.74) is 4.07. The second kappa shape index (κ2) is 7.57. The van der Waals surface area contributed by atoms with Crippen LogP contribution in [-0.2, 0) is 9.59 Å². The van der Waals surface area contributed by atoms with Gasteiger partial charge in [0.25, 0.3) is 0 Å². The van der Waals surface area contributed by atoms with Gasteiger partial charge in [0.1, 0.15) is 5.01 Å². The zero-order valence-electron chi connectivity index (χ0n) is 16.1. The van der Waals surface area contributed by atoms with Crippen molar-refractivity contribution < 1.29 is 9.59 Å². The number of aromatic nitrogens is 2. The van der Waals surface area contributed by atoms with Gasteiger partial charge in [0.2, 0.25) is 16.9 Å². The van der Waals surface area contributed by atoms with Gasteiger partial charge in [0.15, 0.2) is 0 Å². The van der Waals surface area contributed by atoms with Crippen LogP contribution in [-0.4, -0.2) is 53.1 Å². The Morgan fingerprint density at radius 3 is 2.68 bits per heavy atom. The quantitative estimate of drug-likeness (QED) is 0.812. The van der Waals surface area contributed by atoms with Crippen molar-refractivity contribution in [2.45, 2.75) is 25.8 Å². The molecule has 0 spiro atoms. The number of hydrogen-bond donors (Lipinski definition) is 2. The Morgan fingerprint density at radius 2 is 2.00 bits per heavy atom. The maximum absolute atomic E-state index is 13.0. The first kappa shape index (κ1) is 19.0. The van der Waals surface area contributed by atoms with Gasteiger partial charge >= 0.3 is 0 Å². The molecule has 3 atom stereocenters. The molecule has 2 aliphatic rings. The molecule has 4 rings (SSSR count). The van der Waals surface area contributed by atoms with E-state index in [1.54, 1.807) is 5.01 Å². The van der Waals surface area contributed by atoms with E-state index in [0.29, 0.717) is 18.2 Å². The molecule has 0 aliphatic carbocycles. The van der Waals surface area contributed by atoms with Crippen molar-refractivity contribution in [1.82, 2.24) is 20.5 Å². The second-order valence-electron chi connectivity index (χ2n) is 7.69. The number of piperidine rings is 1. The molecule has 0 bridgehead atoms. The Hall–Kier alpha value is -2.36. The molecular formula is C19H24N6O2S. The number of fused-ring (bicyclic) bond motifs is 1. The summed E-state index contributed by atoms with van der Waals surface area (Å²) in [6.07, 6.45) is 0. The summed E-state index contributed by atoms with van der Waals surface area (Å²) in [5, 5.41) is 14.1. The number of carbonyl (C=O) groups excluding carboxylic acids is 2. The summed E-state index contributed by atoms with van der Waals surface area (Å²) in [7, 11) is 1.94. The highest BCUT2D eigenvalue weighted by atomic mass is 32.1. The minimum atomic E-state index is -0.368. The number of para-hydroxylation sites is 1. The maximum Gasteiger partial charge on any atom is 0.247 e. The van der Waals surface area contributed by atoms with Gasteiger partial charge in [-0.25, -0.2) is 10.4 Å². The van der Waals surface area contributed by atoms with E-state index in [4.69, 9.17) is 0 Å². The van der Waals surface area contributed by atoms with Crippen molar-refractivity contribution in [2.24, 2.45) is 11.8 Å². The van der Waals surface area contributed by atoms with E-state index in [1.165, 1.54) is 11.3 Å². The summed E-state index contributed by atoms with van der Waals surface area (Å²) in [4.78, 5) is 28.0. The summed E-state index contributed by atoms with van der Waals surface area (Å²) in [6, 6.07) is 9.22. The number of nitrogens with one attached hydrogen (secondary N) is 2. The average molecular weight is 401 g/mol. The zero-order chi connectivity index (χ0) is 19.8. The topological polar surface area (TPSA) is 90.5 Å². The molecule has 28 heavy (non-hydrogen) atoms. The number of hydrogen-bond acceptors (Lipinski definition) is 7. The average Bonchev–Trinajstić information content (AvgIpc) is 3.27. The number of hydrazine groups is 1. The van der Waals surface area contributed by atoms with Gasteiger partial charge in [0.05, 0.1) is 23.6 Å². The predicted octanol–water partition coefficient (Wildman–Crippen LogP) is 1.70. The summed E-state index contributed by atoms with van der Waals surface area (Å²) in [5.74, 6) is -0.508. The number of benzene rings is 1. The third-order valence-electron chi connectivity index (χ3n) is 5.22. The van der Waals surface area contributed by atoms with Crippen molar-refractivity contribution in [3.63, 3.8) is 0 Å². The normalized spacial score (nSPS) is 25.2. The van der Waals surface area contributed by atoms with Crippen LogP contribution in [0.25, 0.3) is 0 Å². The van der Waals surface area contributed by atoms with Crippen LogP contribution in [0.2, 0.25) is 0 Å². The second-order valence-corrected chi connectivity index (χ2v) is 8.70. The van der Waals surface area contributed by atoms with Crippen molar-refractivity contribution in [1.29, 1.82) is 0 Å². The minimum Gasteiger partial charge on any atom is -0.305 e. The Kier molecular flexibility index (Phi) is 5.13. The molecule has 2 aliphatic heterocycles. The Bertz CT molecular complexity index is 870. The standard InChI is InChI=1S/C19H24N6O2S/c1-11(2)17-21-22-19(28-17)20-16(26)13-9-24(3)10-14-15(13)23-25(18(14)27)12-7-5-4-6-8-12/h4-8,11,13-15,23H,9-10H2,1-3H3,(H,20,22,26).